The van der Waals surface area contributed by atoms with E-state index in [0.717, 1.165) is 36.9 Å². The second kappa shape index (κ2) is 3.34. The number of nitrogens with two attached hydrogens (primary N) is 1. The molecule has 1 fully saturated rings. The van der Waals surface area contributed by atoms with Crippen molar-refractivity contribution in [3.05, 3.63) is 29.8 Å². The Labute approximate surface area is 84.3 Å². The van der Waals surface area contributed by atoms with Gasteiger partial charge in [0.25, 0.3) is 0 Å². The fourth-order valence-electron chi connectivity index (χ4n) is 2.35. The molecule has 2 rings (SSSR count). The minimum absolute atomic E-state index is 0.300. The zero-order valence-electron chi connectivity index (χ0n) is 8.16. The number of para-hydroxylation sites is 1. The summed E-state index contributed by atoms with van der Waals surface area (Å²) in [6.45, 7) is 0. The molecular formula is C12H14N2. The van der Waals surface area contributed by atoms with Gasteiger partial charge in [0.15, 0.2) is 0 Å². The SMILES string of the molecule is N#CC1(c2ccccc2N)CCCC1. The summed E-state index contributed by atoms with van der Waals surface area (Å²) in [6.07, 6.45) is 4.19. The van der Waals surface area contributed by atoms with Gasteiger partial charge in [0, 0.05) is 5.69 Å². The highest BCUT2D eigenvalue weighted by molar-refractivity contribution is 5.53. The summed E-state index contributed by atoms with van der Waals surface area (Å²) in [7, 11) is 0. The second-order valence-electron chi connectivity index (χ2n) is 3.99. The van der Waals surface area contributed by atoms with Crippen LogP contribution in [0.3, 0.4) is 0 Å². The lowest BCUT2D eigenvalue weighted by Gasteiger charge is -2.22. The molecule has 2 nitrogen and oxygen atoms in total. The van der Waals surface area contributed by atoms with E-state index in [9.17, 15) is 5.26 Å². The number of anilines is 1. The standard InChI is InChI=1S/C12H14N2/c13-9-12(7-3-4-8-12)10-5-1-2-6-11(10)14/h1-2,5-6H,3-4,7-8,14H2. The fourth-order valence-corrected chi connectivity index (χ4v) is 2.35. The molecular weight excluding hydrogens is 172 g/mol. The average Bonchev–Trinajstić information content (AvgIpc) is 2.68. The Bertz CT molecular complexity index is 370. The molecule has 0 aromatic heterocycles. The second-order valence-corrected chi connectivity index (χ2v) is 3.99. The molecule has 2 N–H and O–H groups in total. The monoisotopic (exact) mass is 186 g/mol. The lowest BCUT2D eigenvalue weighted by Crippen LogP contribution is -2.20. The molecule has 2 heteroatoms. The van der Waals surface area contributed by atoms with Gasteiger partial charge in [-0.1, -0.05) is 31.0 Å². The van der Waals surface area contributed by atoms with Crippen molar-refractivity contribution < 1.29 is 0 Å². The van der Waals surface area contributed by atoms with Crippen molar-refractivity contribution in [2.45, 2.75) is 31.1 Å². The summed E-state index contributed by atoms with van der Waals surface area (Å²) in [4.78, 5) is 0. The minimum atomic E-state index is -0.300. The first-order chi connectivity index (χ1) is 6.78. The molecule has 0 saturated heterocycles. The number of benzene rings is 1. The van der Waals surface area contributed by atoms with Crippen LogP contribution in [-0.4, -0.2) is 0 Å². The molecule has 1 aliphatic rings. The molecule has 14 heavy (non-hydrogen) atoms. The van der Waals surface area contributed by atoms with Gasteiger partial charge in [-0.25, -0.2) is 0 Å². The third-order valence-corrected chi connectivity index (χ3v) is 3.15. The Kier molecular flexibility index (Phi) is 2.17. The van der Waals surface area contributed by atoms with E-state index in [-0.39, 0.29) is 5.41 Å². The topological polar surface area (TPSA) is 49.8 Å². The van der Waals surface area contributed by atoms with Crippen LogP contribution >= 0.6 is 0 Å². The van der Waals surface area contributed by atoms with Gasteiger partial charge >= 0.3 is 0 Å². The zero-order chi connectivity index (χ0) is 10.0. The molecule has 0 radical (unpaired) electrons. The van der Waals surface area contributed by atoms with E-state index in [0.29, 0.717) is 0 Å². The van der Waals surface area contributed by atoms with E-state index in [4.69, 9.17) is 5.73 Å². The third-order valence-electron chi connectivity index (χ3n) is 3.15. The van der Waals surface area contributed by atoms with Crippen LogP contribution in [-0.2, 0) is 5.41 Å². The number of nitrogen functional groups attached to an aromatic ring is 1. The van der Waals surface area contributed by atoms with E-state index in [2.05, 4.69) is 6.07 Å². The summed E-state index contributed by atoms with van der Waals surface area (Å²) in [5.74, 6) is 0. The third kappa shape index (κ3) is 1.26. The van der Waals surface area contributed by atoms with Crippen LogP contribution in [0.2, 0.25) is 0 Å². The predicted molar refractivity (Wildman–Crippen MR) is 56.6 cm³/mol. The first-order valence-corrected chi connectivity index (χ1v) is 5.05. The maximum Gasteiger partial charge on any atom is 0.0842 e. The van der Waals surface area contributed by atoms with E-state index in [1.54, 1.807) is 0 Å². The van der Waals surface area contributed by atoms with Gasteiger partial charge in [0.1, 0.15) is 0 Å². The minimum Gasteiger partial charge on any atom is -0.398 e. The largest absolute Gasteiger partial charge is 0.398 e. The molecule has 0 bridgehead atoms. The summed E-state index contributed by atoms with van der Waals surface area (Å²) in [5, 5.41) is 9.29. The van der Waals surface area contributed by atoms with E-state index in [1.165, 1.54) is 0 Å². The number of nitrogens with zero attached hydrogens (tertiary/aromatic N) is 1. The van der Waals surface area contributed by atoms with E-state index < -0.39 is 0 Å². The van der Waals surface area contributed by atoms with Crippen LogP contribution in [0.4, 0.5) is 5.69 Å². The Morgan fingerprint density at radius 2 is 1.86 bits per heavy atom. The van der Waals surface area contributed by atoms with Crippen LogP contribution in [0.1, 0.15) is 31.2 Å². The van der Waals surface area contributed by atoms with Gasteiger partial charge in [-0.15, -0.1) is 0 Å². The number of rotatable bonds is 1. The van der Waals surface area contributed by atoms with Gasteiger partial charge in [0.05, 0.1) is 11.5 Å². The van der Waals surface area contributed by atoms with Crippen molar-refractivity contribution in [2.24, 2.45) is 0 Å². The molecule has 0 amide bonds. The molecule has 72 valence electrons. The van der Waals surface area contributed by atoms with Gasteiger partial charge in [0.2, 0.25) is 0 Å². The maximum absolute atomic E-state index is 9.29. The molecule has 0 aliphatic heterocycles. The maximum atomic E-state index is 9.29. The van der Waals surface area contributed by atoms with Gasteiger partial charge in [-0.05, 0) is 24.5 Å². The van der Waals surface area contributed by atoms with Crippen molar-refractivity contribution in [3.8, 4) is 6.07 Å². The van der Waals surface area contributed by atoms with Gasteiger partial charge in [-0.2, -0.15) is 5.26 Å². The summed E-state index contributed by atoms with van der Waals surface area (Å²) < 4.78 is 0. The van der Waals surface area contributed by atoms with Crippen LogP contribution < -0.4 is 5.73 Å². The highest BCUT2D eigenvalue weighted by atomic mass is 14.6. The quantitative estimate of drug-likeness (QED) is 0.685. The summed E-state index contributed by atoms with van der Waals surface area (Å²) >= 11 is 0. The molecule has 0 unspecified atom stereocenters. The highest BCUT2D eigenvalue weighted by Crippen LogP contribution is 2.42. The molecule has 1 aromatic rings. The normalized spacial score (nSPS) is 19.1. The van der Waals surface area contributed by atoms with E-state index >= 15 is 0 Å². The predicted octanol–water partition coefficient (Wildman–Crippen LogP) is 2.60. The Hall–Kier alpha value is -1.49. The number of nitriles is 1. The molecule has 1 aliphatic carbocycles. The molecule has 1 saturated carbocycles. The van der Waals surface area contributed by atoms with Crippen molar-refractivity contribution in [1.29, 1.82) is 5.26 Å². The molecule has 0 spiro atoms. The van der Waals surface area contributed by atoms with Crippen molar-refractivity contribution in [2.75, 3.05) is 5.73 Å². The highest BCUT2D eigenvalue weighted by Gasteiger charge is 2.36. The number of hydrogen-bond acceptors (Lipinski definition) is 2. The first kappa shape index (κ1) is 9.08. The number of hydrogen-bond donors (Lipinski definition) is 1. The molecule has 1 aromatic carbocycles. The van der Waals surface area contributed by atoms with Crippen LogP contribution in [0, 0.1) is 11.3 Å². The molecule has 0 atom stereocenters. The zero-order valence-corrected chi connectivity index (χ0v) is 8.16. The smallest absolute Gasteiger partial charge is 0.0842 e. The average molecular weight is 186 g/mol. The fraction of sp³-hybridized carbons (Fsp3) is 0.417. The Morgan fingerprint density at radius 3 is 2.43 bits per heavy atom. The van der Waals surface area contributed by atoms with Crippen LogP contribution in [0.25, 0.3) is 0 Å². The Balaban J connectivity index is 2.47. The van der Waals surface area contributed by atoms with Gasteiger partial charge in [-0.3, -0.25) is 0 Å². The van der Waals surface area contributed by atoms with Crippen molar-refractivity contribution in [1.82, 2.24) is 0 Å². The first-order valence-electron chi connectivity index (χ1n) is 5.05. The van der Waals surface area contributed by atoms with Crippen molar-refractivity contribution >= 4 is 5.69 Å². The molecule has 0 heterocycles. The van der Waals surface area contributed by atoms with Crippen molar-refractivity contribution in [3.63, 3.8) is 0 Å². The van der Waals surface area contributed by atoms with Crippen LogP contribution in [0.5, 0.6) is 0 Å². The summed E-state index contributed by atoms with van der Waals surface area (Å²) in [5.41, 5.74) is 7.40. The lowest BCUT2D eigenvalue weighted by atomic mass is 9.79. The van der Waals surface area contributed by atoms with E-state index in [1.807, 2.05) is 24.3 Å². The summed E-state index contributed by atoms with van der Waals surface area (Å²) in [6, 6.07) is 10.2. The van der Waals surface area contributed by atoms with Gasteiger partial charge < -0.3 is 5.73 Å². The lowest BCUT2D eigenvalue weighted by molar-refractivity contribution is 0.575. The Morgan fingerprint density at radius 1 is 1.21 bits per heavy atom. The van der Waals surface area contributed by atoms with Crippen LogP contribution in [0.15, 0.2) is 24.3 Å².